The molecule has 0 saturated heterocycles. The van der Waals surface area contributed by atoms with Crippen molar-refractivity contribution in [2.24, 2.45) is 0 Å². The summed E-state index contributed by atoms with van der Waals surface area (Å²) in [5.74, 6) is -0.122. The fourth-order valence-electron chi connectivity index (χ4n) is 1.48. The second-order valence-electron chi connectivity index (χ2n) is 3.44. The monoisotopic (exact) mass is 307 g/mol. The van der Waals surface area contributed by atoms with Gasteiger partial charge in [-0.2, -0.15) is 0 Å². The van der Waals surface area contributed by atoms with E-state index in [0.717, 1.165) is 0 Å². The number of hydrogen-bond acceptors (Lipinski definition) is 2. The van der Waals surface area contributed by atoms with E-state index in [1.807, 2.05) is 0 Å². The molecule has 1 amide bonds. The van der Waals surface area contributed by atoms with Crippen molar-refractivity contribution in [3.05, 3.63) is 49.5 Å². The minimum absolute atomic E-state index is 0.212. The molecule has 0 aromatic carbocycles. The van der Waals surface area contributed by atoms with Crippen LogP contribution in [0.4, 0.5) is 0 Å². The molecule has 0 bridgehead atoms. The van der Waals surface area contributed by atoms with Gasteiger partial charge < -0.3 is 9.32 Å². The molecule has 0 fully saturated rings. The highest BCUT2D eigenvalue weighted by atomic mass is 35.6. The number of rotatable bonds is 5. The van der Waals surface area contributed by atoms with Gasteiger partial charge in [-0.15, -0.1) is 13.2 Å². The zero-order valence-corrected chi connectivity index (χ0v) is 11.8. The van der Waals surface area contributed by atoms with Gasteiger partial charge in [-0.1, -0.05) is 47.0 Å². The van der Waals surface area contributed by atoms with Crippen LogP contribution in [-0.4, -0.2) is 21.1 Å². The molecule has 0 N–H and O–H groups in total. The van der Waals surface area contributed by atoms with Gasteiger partial charge in [0.15, 0.2) is 0 Å². The maximum absolute atomic E-state index is 12.0. The van der Waals surface area contributed by atoms with Crippen LogP contribution in [0, 0.1) is 0 Å². The van der Waals surface area contributed by atoms with Crippen molar-refractivity contribution in [2.75, 3.05) is 6.54 Å². The van der Waals surface area contributed by atoms with Crippen LogP contribution in [0.25, 0.3) is 0 Å². The largest absolute Gasteiger partial charge is 0.467 e. The molecule has 98 valence electrons. The second-order valence-corrected chi connectivity index (χ2v) is 5.72. The van der Waals surface area contributed by atoms with Crippen LogP contribution >= 0.6 is 34.8 Å². The van der Waals surface area contributed by atoms with E-state index in [4.69, 9.17) is 39.2 Å². The normalized spacial score (nSPS) is 12.8. The molecule has 1 aromatic heterocycles. The highest BCUT2D eigenvalue weighted by molar-refractivity contribution is 6.76. The van der Waals surface area contributed by atoms with Gasteiger partial charge in [-0.05, 0) is 12.1 Å². The summed E-state index contributed by atoms with van der Waals surface area (Å²) in [6.07, 6.45) is 4.57. The Morgan fingerprint density at radius 2 is 2.17 bits per heavy atom. The predicted octanol–water partition coefficient (Wildman–Crippen LogP) is 3.89. The molecule has 3 nitrogen and oxygen atoms in total. The quantitative estimate of drug-likeness (QED) is 0.611. The van der Waals surface area contributed by atoms with E-state index in [1.165, 1.54) is 23.3 Å². The van der Waals surface area contributed by atoms with E-state index in [-0.39, 0.29) is 6.54 Å². The molecule has 18 heavy (non-hydrogen) atoms. The van der Waals surface area contributed by atoms with E-state index >= 15 is 0 Å². The highest BCUT2D eigenvalue weighted by Gasteiger charge is 2.38. The summed E-state index contributed by atoms with van der Waals surface area (Å²) in [4.78, 5) is 13.4. The van der Waals surface area contributed by atoms with Crippen LogP contribution in [0.5, 0.6) is 0 Å². The van der Waals surface area contributed by atoms with E-state index in [0.29, 0.717) is 5.76 Å². The number of alkyl halides is 3. The topological polar surface area (TPSA) is 33.5 Å². The maximum Gasteiger partial charge on any atom is 0.275 e. The third-order valence-corrected chi connectivity index (χ3v) is 2.71. The van der Waals surface area contributed by atoms with Crippen LogP contribution in [0.3, 0.4) is 0 Å². The molecule has 1 heterocycles. The molecule has 6 heteroatoms. The number of halogens is 3. The van der Waals surface area contributed by atoms with Crippen LogP contribution < -0.4 is 0 Å². The van der Waals surface area contributed by atoms with Crippen molar-refractivity contribution < 1.29 is 9.21 Å². The first-order chi connectivity index (χ1) is 8.41. The lowest BCUT2D eigenvalue weighted by atomic mass is 10.2. The van der Waals surface area contributed by atoms with Crippen LogP contribution in [0.1, 0.15) is 11.8 Å². The Morgan fingerprint density at radius 3 is 2.56 bits per heavy atom. The summed E-state index contributed by atoms with van der Waals surface area (Å²) in [5.41, 5.74) is 0. The molecule has 0 aliphatic heterocycles. The molecule has 0 spiro atoms. The summed E-state index contributed by atoms with van der Waals surface area (Å²) < 4.78 is 3.22. The molecule has 0 radical (unpaired) electrons. The zero-order chi connectivity index (χ0) is 13.8. The Morgan fingerprint density at radius 1 is 1.50 bits per heavy atom. The molecule has 0 aliphatic carbocycles. The average molecular weight is 309 g/mol. The van der Waals surface area contributed by atoms with E-state index in [9.17, 15) is 4.79 Å². The number of hydrogen-bond donors (Lipinski definition) is 0. The molecule has 1 aromatic rings. The van der Waals surface area contributed by atoms with Gasteiger partial charge >= 0.3 is 0 Å². The van der Waals surface area contributed by atoms with Gasteiger partial charge in [0.2, 0.25) is 0 Å². The Balaban J connectivity index is 3.06. The summed E-state index contributed by atoms with van der Waals surface area (Å²) in [7, 11) is 0. The maximum atomic E-state index is 12.0. The highest BCUT2D eigenvalue weighted by Crippen LogP contribution is 2.33. The van der Waals surface area contributed by atoms with Crippen LogP contribution in [0.15, 0.2) is 48.1 Å². The van der Waals surface area contributed by atoms with Crippen molar-refractivity contribution in [3.63, 3.8) is 0 Å². The molecular formula is C12H12Cl3NO2. The summed E-state index contributed by atoms with van der Waals surface area (Å²) in [5, 5.41) is 0. The SMILES string of the molecule is C=CCN(C(=O)C(Cl)(Cl)Cl)C(C=C)c1ccco1. The minimum Gasteiger partial charge on any atom is -0.467 e. The average Bonchev–Trinajstić information content (AvgIpc) is 2.80. The lowest BCUT2D eigenvalue weighted by Gasteiger charge is -2.29. The van der Waals surface area contributed by atoms with Crippen LogP contribution in [-0.2, 0) is 4.79 Å². The van der Waals surface area contributed by atoms with Gasteiger partial charge in [0.25, 0.3) is 9.70 Å². The molecule has 0 aliphatic rings. The Labute approximate surface area is 121 Å². The summed E-state index contributed by atoms with van der Waals surface area (Å²) in [6.45, 7) is 7.45. The van der Waals surface area contributed by atoms with Crippen molar-refractivity contribution in [1.29, 1.82) is 0 Å². The van der Waals surface area contributed by atoms with E-state index < -0.39 is 15.7 Å². The first kappa shape index (κ1) is 15.2. The first-order valence-corrected chi connectivity index (χ1v) is 6.19. The van der Waals surface area contributed by atoms with Gasteiger partial charge in [-0.25, -0.2) is 0 Å². The lowest BCUT2D eigenvalue weighted by Crippen LogP contribution is -2.41. The molecule has 1 unspecified atom stereocenters. The number of nitrogens with zero attached hydrogens (tertiary/aromatic N) is 1. The lowest BCUT2D eigenvalue weighted by molar-refractivity contribution is -0.131. The van der Waals surface area contributed by atoms with Gasteiger partial charge in [0, 0.05) is 6.54 Å². The number of amides is 1. The van der Waals surface area contributed by atoms with E-state index in [2.05, 4.69) is 13.2 Å². The smallest absolute Gasteiger partial charge is 0.275 e. The van der Waals surface area contributed by atoms with Crippen molar-refractivity contribution in [1.82, 2.24) is 4.90 Å². The second kappa shape index (κ2) is 6.32. The Bertz CT molecular complexity index is 423. The predicted molar refractivity (Wildman–Crippen MR) is 73.8 cm³/mol. The molecule has 0 saturated carbocycles. The summed E-state index contributed by atoms with van der Waals surface area (Å²) in [6, 6.07) is 2.91. The number of carbonyl (C=O) groups excluding carboxylic acids is 1. The van der Waals surface area contributed by atoms with Crippen molar-refractivity contribution in [2.45, 2.75) is 9.83 Å². The standard InChI is InChI=1S/C12H12Cl3NO2/c1-3-7-16(11(17)12(13,14)15)9(4-2)10-6-5-8-18-10/h3-6,8-9H,1-2,7H2. The van der Waals surface area contributed by atoms with Gasteiger partial charge in [-0.3, -0.25) is 4.79 Å². The van der Waals surface area contributed by atoms with Crippen molar-refractivity contribution >= 4 is 40.7 Å². The van der Waals surface area contributed by atoms with Crippen molar-refractivity contribution in [3.8, 4) is 0 Å². The zero-order valence-electron chi connectivity index (χ0n) is 9.48. The minimum atomic E-state index is -2.03. The first-order valence-electron chi connectivity index (χ1n) is 5.06. The third-order valence-electron chi connectivity index (χ3n) is 2.22. The fourth-order valence-corrected chi connectivity index (χ4v) is 1.81. The Kier molecular flexibility index (Phi) is 5.32. The van der Waals surface area contributed by atoms with E-state index in [1.54, 1.807) is 12.1 Å². The number of furan rings is 1. The third kappa shape index (κ3) is 3.55. The van der Waals surface area contributed by atoms with Crippen LogP contribution in [0.2, 0.25) is 0 Å². The molecular weight excluding hydrogens is 296 g/mol. The number of carbonyl (C=O) groups is 1. The Hall–Kier alpha value is -0.900. The summed E-state index contributed by atoms with van der Waals surface area (Å²) >= 11 is 16.9. The molecule has 1 rings (SSSR count). The molecule has 1 atom stereocenters. The fraction of sp³-hybridized carbons (Fsp3) is 0.250. The van der Waals surface area contributed by atoms with Gasteiger partial charge in [0.05, 0.1) is 6.26 Å². The van der Waals surface area contributed by atoms with Gasteiger partial charge in [0.1, 0.15) is 11.8 Å².